The monoisotopic (exact) mass is 331 g/mol. The summed E-state index contributed by atoms with van der Waals surface area (Å²) >= 11 is 15.3. The third kappa shape index (κ3) is 3.09. The van der Waals surface area contributed by atoms with Gasteiger partial charge in [-0.1, -0.05) is 57.3 Å². The molecule has 0 aliphatic rings. The van der Waals surface area contributed by atoms with Crippen LogP contribution < -0.4 is 5.32 Å². The second-order valence-corrected chi connectivity index (χ2v) is 4.85. The van der Waals surface area contributed by atoms with E-state index in [0.29, 0.717) is 22.5 Å². The van der Waals surface area contributed by atoms with Crippen molar-refractivity contribution in [2.45, 2.75) is 6.54 Å². The third-order valence-corrected chi connectivity index (χ3v) is 3.51. The van der Waals surface area contributed by atoms with Crippen LogP contribution in [0.3, 0.4) is 0 Å². The van der Waals surface area contributed by atoms with Gasteiger partial charge in [0, 0.05) is 11.0 Å². The van der Waals surface area contributed by atoms with Crippen molar-refractivity contribution < 1.29 is 0 Å². The zero-order valence-electron chi connectivity index (χ0n) is 8.62. The number of nitrogens with one attached hydrogen (secondary N) is 1. The number of anilines is 1. The standard InChI is InChI=1S/C11H8BrCl2N3/c12-8-4-2-1-3-7(8)5-15-9-10(13)16-6-17-11(9)14/h1-4,6,15H,5H2. The SMILES string of the molecule is Clc1ncnc(Cl)c1NCc1ccccc1Br. The molecule has 0 aliphatic carbocycles. The van der Waals surface area contributed by atoms with E-state index in [1.54, 1.807) is 0 Å². The molecule has 17 heavy (non-hydrogen) atoms. The smallest absolute Gasteiger partial charge is 0.157 e. The molecule has 0 spiro atoms. The molecule has 1 N–H and O–H groups in total. The van der Waals surface area contributed by atoms with Crippen LogP contribution in [0, 0.1) is 0 Å². The van der Waals surface area contributed by atoms with E-state index >= 15 is 0 Å². The van der Waals surface area contributed by atoms with Crippen molar-refractivity contribution in [3.63, 3.8) is 0 Å². The van der Waals surface area contributed by atoms with Crippen molar-refractivity contribution in [2.24, 2.45) is 0 Å². The summed E-state index contributed by atoms with van der Waals surface area (Å²) in [6, 6.07) is 7.90. The van der Waals surface area contributed by atoms with Gasteiger partial charge in [0.25, 0.3) is 0 Å². The van der Waals surface area contributed by atoms with Gasteiger partial charge in [0.2, 0.25) is 0 Å². The highest BCUT2D eigenvalue weighted by Gasteiger charge is 2.08. The molecule has 1 aromatic carbocycles. The minimum Gasteiger partial charge on any atom is -0.376 e. The fourth-order valence-electron chi connectivity index (χ4n) is 1.32. The van der Waals surface area contributed by atoms with Crippen molar-refractivity contribution >= 4 is 44.8 Å². The summed E-state index contributed by atoms with van der Waals surface area (Å²) in [4.78, 5) is 7.74. The van der Waals surface area contributed by atoms with Gasteiger partial charge in [0.1, 0.15) is 12.0 Å². The van der Waals surface area contributed by atoms with Crippen LogP contribution >= 0.6 is 39.1 Å². The number of hydrogen-bond acceptors (Lipinski definition) is 3. The summed E-state index contributed by atoms with van der Waals surface area (Å²) in [6.45, 7) is 0.592. The lowest BCUT2D eigenvalue weighted by Crippen LogP contribution is -2.02. The molecular formula is C11H8BrCl2N3. The number of halogens is 3. The van der Waals surface area contributed by atoms with Crippen molar-refractivity contribution in [1.29, 1.82) is 0 Å². The lowest BCUT2D eigenvalue weighted by molar-refractivity contribution is 1.09. The Labute approximate surface area is 117 Å². The highest BCUT2D eigenvalue weighted by molar-refractivity contribution is 9.10. The van der Waals surface area contributed by atoms with Crippen LogP contribution in [0.1, 0.15) is 5.56 Å². The van der Waals surface area contributed by atoms with Crippen molar-refractivity contribution in [3.05, 3.63) is 50.9 Å². The van der Waals surface area contributed by atoms with Crippen molar-refractivity contribution in [2.75, 3.05) is 5.32 Å². The molecule has 0 amide bonds. The second-order valence-electron chi connectivity index (χ2n) is 3.28. The van der Waals surface area contributed by atoms with Crippen LogP contribution in [0.4, 0.5) is 5.69 Å². The number of aromatic nitrogens is 2. The second kappa shape index (κ2) is 5.67. The van der Waals surface area contributed by atoms with Gasteiger partial charge in [-0.3, -0.25) is 0 Å². The zero-order chi connectivity index (χ0) is 12.3. The average molecular weight is 333 g/mol. The van der Waals surface area contributed by atoms with E-state index in [1.165, 1.54) is 6.33 Å². The van der Waals surface area contributed by atoms with Gasteiger partial charge >= 0.3 is 0 Å². The van der Waals surface area contributed by atoms with Gasteiger partial charge in [-0.25, -0.2) is 9.97 Å². The van der Waals surface area contributed by atoms with E-state index in [0.717, 1.165) is 10.0 Å². The minimum atomic E-state index is 0.317. The largest absolute Gasteiger partial charge is 0.376 e. The fraction of sp³-hybridized carbons (Fsp3) is 0.0909. The summed E-state index contributed by atoms with van der Waals surface area (Å²) in [5.74, 6) is 0. The van der Waals surface area contributed by atoms with E-state index in [1.807, 2.05) is 24.3 Å². The summed E-state index contributed by atoms with van der Waals surface area (Å²) in [7, 11) is 0. The van der Waals surface area contributed by atoms with E-state index < -0.39 is 0 Å². The molecule has 0 aliphatic heterocycles. The summed E-state index contributed by atoms with van der Waals surface area (Å²) in [5.41, 5.74) is 1.65. The van der Waals surface area contributed by atoms with Crippen LogP contribution in [0.15, 0.2) is 35.1 Å². The maximum absolute atomic E-state index is 5.93. The lowest BCUT2D eigenvalue weighted by atomic mass is 10.2. The van der Waals surface area contributed by atoms with E-state index in [4.69, 9.17) is 23.2 Å². The number of hydrogen-bond donors (Lipinski definition) is 1. The molecule has 3 nitrogen and oxygen atoms in total. The minimum absolute atomic E-state index is 0.317. The summed E-state index contributed by atoms with van der Waals surface area (Å²) < 4.78 is 1.02. The Balaban J connectivity index is 2.16. The number of benzene rings is 1. The molecule has 0 atom stereocenters. The number of nitrogens with zero attached hydrogens (tertiary/aromatic N) is 2. The molecule has 6 heteroatoms. The summed E-state index contributed by atoms with van der Waals surface area (Å²) in [6.07, 6.45) is 1.33. The summed E-state index contributed by atoms with van der Waals surface area (Å²) in [5, 5.41) is 3.75. The topological polar surface area (TPSA) is 37.8 Å². The maximum Gasteiger partial charge on any atom is 0.157 e. The van der Waals surface area contributed by atoms with Crippen LogP contribution in [0.5, 0.6) is 0 Å². The average Bonchev–Trinajstić information content (AvgIpc) is 2.30. The highest BCUT2D eigenvalue weighted by atomic mass is 79.9. The molecule has 1 heterocycles. The highest BCUT2D eigenvalue weighted by Crippen LogP contribution is 2.27. The zero-order valence-corrected chi connectivity index (χ0v) is 11.7. The molecular weight excluding hydrogens is 325 g/mol. The molecule has 0 fully saturated rings. The predicted octanol–water partition coefficient (Wildman–Crippen LogP) is 4.16. The quantitative estimate of drug-likeness (QED) is 0.858. The van der Waals surface area contributed by atoms with Crippen LogP contribution in [-0.2, 0) is 6.54 Å². The van der Waals surface area contributed by atoms with Gasteiger partial charge in [-0.05, 0) is 11.6 Å². The lowest BCUT2D eigenvalue weighted by Gasteiger charge is -2.09. The Morgan fingerprint density at radius 2 is 1.76 bits per heavy atom. The van der Waals surface area contributed by atoms with E-state index in [9.17, 15) is 0 Å². The Bertz CT molecular complexity index is 514. The first-order chi connectivity index (χ1) is 8.18. The first-order valence-electron chi connectivity index (χ1n) is 4.82. The molecule has 88 valence electrons. The molecule has 0 radical (unpaired) electrons. The van der Waals surface area contributed by atoms with Gasteiger partial charge in [-0.15, -0.1) is 0 Å². The fourth-order valence-corrected chi connectivity index (χ4v) is 2.19. The predicted molar refractivity (Wildman–Crippen MR) is 73.5 cm³/mol. The Morgan fingerprint density at radius 1 is 1.12 bits per heavy atom. The van der Waals surface area contributed by atoms with Gasteiger partial charge in [0.05, 0.1) is 0 Å². The van der Waals surface area contributed by atoms with Gasteiger partial charge in [0.15, 0.2) is 10.3 Å². The Kier molecular flexibility index (Phi) is 4.20. The normalized spacial score (nSPS) is 10.3. The molecule has 0 unspecified atom stereocenters. The number of rotatable bonds is 3. The molecule has 0 bridgehead atoms. The molecule has 1 aromatic heterocycles. The molecule has 0 saturated heterocycles. The molecule has 2 aromatic rings. The van der Waals surface area contributed by atoms with Crippen LogP contribution in [0.2, 0.25) is 10.3 Å². The first-order valence-corrected chi connectivity index (χ1v) is 6.36. The van der Waals surface area contributed by atoms with Crippen molar-refractivity contribution in [3.8, 4) is 0 Å². The van der Waals surface area contributed by atoms with Crippen LogP contribution in [0.25, 0.3) is 0 Å². The van der Waals surface area contributed by atoms with Gasteiger partial charge < -0.3 is 5.32 Å². The van der Waals surface area contributed by atoms with E-state index in [2.05, 4.69) is 31.2 Å². The van der Waals surface area contributed by atoms with Crippen molar-refractivity contribution in [1.82, 2.24) is 9.97 Å². The Hall–Kier alpha value is -0.840. The van der Waals surface area contributed by atoms with E-state index in [-0.39, 0.29) is 0 Å². The molecule has 0 saturated carbocycles. The molecule has 2 rings (SSSR count). The third-order valence-electron chi connectivity index (χ3n) is 2.17. The Morgan fingerprint density at radius 3 is 2.41 bits per heavy atom. The van der Waals surface area contributed by atoms with Gasteiger partial charge in [-0.2, -0.15) is 0 Å². The van der Waals surface area contributed by atoms with Crippen LogP contribution in [-0.4, -0.2) is 9.97 Å². The first kappa shape index (κ1) is 12.6. The maximum atomic E-state index is 5.93.